The molecule has 5 heteroatoms. The predicted octanol–water partition coefficient (Wildman–Crippen LogP) is 5.10. The molecule has 0 aliphatic carbocycles. The second-order valence-corrected chi connectivity index (χ2v) is 6.33. The summed E-state index contributed by atoms with van der Waals surface area (Å²) >= 11 is 11.9. The lowest BCUT2D eigenvalue weighted by atomic mass is 10.1. The number of benzene rings is 2. The number of rotatable bonds is 4. The Labute approximate surface area is 140 Å². The third kappa shape index (κ3) is 4.15. The highest BCUT2D eigenvalue weighted by Gasteiger charge is 2.30. The number of anilines is 1. The third-order valence-corrected chi connectivity index (χ3v) is 3.82. The molecule has 0 aromatic heterocycles. The fourth-order valence-electron chi connectivity index (χ4n) is 1.80. The van der Waals surface area contributed by atoms with Crippen LogP contribution in [-0.2, 0) is 4.79 Å². The normalized spacial score (nSPS) is 11.1. The van der Waals surface area contributed by atoms with E-state index >= 15 is 0 Å². The van der Waals surface area contributed by atoms with Gasteiger partial charge >= 0.3 is 0 Å². The fraction of sp³-hybridized carbons (Fsp3) is 0.235. The molecule has 0 radical (unpaired) electrons. The summed E-state index contributed by atoms with van der Waals surface area (Å²) in [5.74, 6) is 0.314. The molecule has 0 fully saturated rings. The lowest BCUT2D eigenvalue weighted by molar-refractivity contribution is -0.128. The summed E-state index contributed by atoms with van der Waals surface area (Å²) < 4.78 is 5.74. The summed E-state index contributed by atoms with van der Waals surface area (Å²) in [7, 11) is 0. The Bertz CT molecular complexity index is 682. The van der Waals surface area contributed by atoms with E-state index in [9.17, 15) is 4.79 Å². The van der Waals surface area contributed by atoms with Crippen LogP contribution in [-0.4, -0.2) is 11.5 Å². The lowest BCUT2D eigenvalue weighted by Crippen LogP contribution is -2.42. The number of hydrogen-bond acceptors (Lipinski definition) is 2. The monoisotopic (exact) mass is 337 g/mol. The van der Waals surface area contributed by atoms with Crippen molar-refractivity contribution >= 4 is 34.8 Å². The molecule has 1 amide bonds. The predicted molar refractivity (Wildman–Crippen MR) is 91.0 cm³/mol. The van der Waals surface area contributed by atoms with E-state index in [2.05, 4.69) is 5.32 Å². The van der Waals surface area contributed by atoms with Crippen molar-refractivity contribution in [2.24, 2.45) is 0 Å². The largest absolute Gasteiger partial charge is 0.478 e. The molecule has 22 heavy (non-hydrogen) atoms. The molecule has 0 bridgehead atoms. The highest BCUT2D eigenvalue weighted by Crippen LogP contribution is 2.24. The first-order chi connectivity index (χ1) is 10.3. The molecule has 0 spiro atoms. The fourth-order valence-corrected chi connectivity index (χ4v) is 2.10. The van der Waals surface area contributed by atoms with E-state index in [0.29, 0.717) is 21.5 Å². The quantitative estimate of drug-likeness (QED) is 0.842. The first-order valence-corrected chi connectivity index (χ1v) is 7.56. The van der Waals surface area contributed by atoms with Crippen LogP contribution in [0.2, 0.25) is 10.0 Å². The van der Waals surface area contributed by atoms with Gasteiger partial charge in [-0.05, 0) is 62.7 Å². The van der Waals surface area contributed by atoms with Crippen molar-refractivity contribution < 1.29 is 9.53 Å². The van der Waals surface area contributed by atoms with Crippen molar-refractivity contribution in [2.45, 2.75) is 26.4 Å². The maximum absolute atomic E-state index is 12.4. The second-order valence-electron chi connectivity index (χ2n) is 5.48. The van der Waals surface area contributed by atoms with E-state index in [4.69, 9.17) is 27.9 Å². The van der Waals surface area contributed by atoms with Crippen molar-refractivity contribution in [3.8, 4) is 5.75 Å². The van der Waals surface area contributed by atoms with Crippen LogP contribution in [0.4, 0.5) is 5.69 Å². The molecule has 2 aromatic carbocycles. The van der Waals surface area contributed by atoms with Gasteiger partial charge in [-0.15, -0.1) is 0 Å². The molecule has 2 aromatic rings. The van der Waals surface area contributed by atoms with Gasteiger partial charge in [-0.2, -0.15) is 0 Å². The van der Waals surface area contributed by atoms with Gasteiger partial charge in [0.25, 0.3) is 5.91 Å². The minimum atomic E-state index is -1.04. The molecule has 0 aliphatic rings. The van der Waals surface area contributed by atoms with Crippen LogP contribution in [0.1, 0.15) is 19.4 Å². The molecule has 0 atom stereocenters. The summed E-state index contributed by atoms with van der Waals surface area (Å²) in [5, 5.41) is 4.03. The summed E-state index contributed by atoms with van der Waals surface area (Å²) in [4.78, 5) is 12.4. The number of carbonyl (C=O) groups excluding carboxylic acids is 1. The Morgan fingerprint density at radius 2 is 1.73 bits per heavy atom. The van der Waals surface area contributed by atoms with E-state index in [1.807, 2.05) is 13.0 Å². The Hall–Kier alpha value is -1.71. The van der Waals surface area contributed by atoms with E-state index in [-0.39, 0.29) is 5.91 Å². The molecular formula is C17H17Cl2NO2. The van der Waals surface area contributed by atoms with Crippen molar-refractivity contribution in [3.63, 3.8) is 0 Å². The minimum Gasteiger partial charge on any atom is -0.478 e. The Kier molecular flexibility index (Phi) is 4.99. The first-order valence-electron chi connectivity index (χ1n) is 6.80. The van der Waals surface area contributed by atoms with Crippen LogP contribution in [0.25, 0.3) is 0 Å². The molecule has 0 saturated heterocycles. The van der Waals surface area contributed by atoms with Gasteiger partial charge in [0.05, 0.1) is 0 Å². The molecular weight excluding hydrogens is 321 g/mol. The maximum atomic E-state index is 12.4. The number of halogens is 2. The first kappa shape index (κ1) is 16.7. The zero-order chi connectivity index (χ0) is 16.3. The number of ether oxygens (including phenoxy) is 1. The summed E-state index contributed by atoms with van der Waals surface area (Å²) in [5.41, 5.74) is 0.551. The number of carbonyl (C=O) groups is 1. The third-order valence-electron chi connectivity index (χ3n) is 3.16. The Balaban J connectivity index is 2.09. The van der Waals surface area contributed by atoms with Crippen LogP contribution < -0.4 is 10.1 Å². The van der Waals surface area contributed by atoms with Gasteiger partial charge < -0.3 is 10.1 Å². The lowest BCUT2D eigenvalue weighted by Gasteiger charge is -2.25. The van der Waals surface area contributed by atoms with Crippen molar-refractivity contribution in [1.82, 2.24) is 0 Å². The molecule has 0 saturated carbocycles. The van der Waals surface area contributed by atoms with Gasteiger partial charge in [0.1, 0.15) is 5.75 Å². The molecule has 3 nitrogen and oxygen atoms in total. The van der Waals surface area contributed by atoms with Crippen LogP contribution in [0, 0.1) is 6.92 Å². The van der Waals surface area contributed by atoms with Gasteiger partial charge in [-0.3, -0.25) is 4.79 Å². The zero-order valence-electron chi connectivity index (χ0n) is 12.6. The van der Waals surface area contributed by atoms with Crippen LogP contribution in [0.15, 0.2) is 42.5 Å². The second kappa shape index (κ2) is 6.59. The van der Waals surface area contributed by atoms with E-state index in [0.717, 1.165) is 5.56 Å². The van der Waals surface area contributed by atoms with E-state index < -0.39 is 5.60 Å². The van der Waals surface area contributed by atoms with Gasteiger partial charge in [0.2, 0.25) is 0 Å². The van der Waals surface area contributed by atoms with Crippen LogP contribution in [0.5, 0.6) is 5.75 Å². The zero-order valence-corrected chi connectivity index (χ0v) is 14.1. The molecule has 0 heterocycles. The van der Waals surface area contributed by atoms with Gasteiger partial charge in [-0.25, -0.2) is 0 Å². The average molecular weight is 338 g/mol. The van der Waals surface area contributed by atoms with Crippen molar-refractivity contribution in [3.05, 3.63) is 58.1 Å². The van der Waals surface area contributed by atoms with Gasteiger partial charge in [-0.1, -0.05) is 29.3 Å². The summed E-state index contributed by atoms with van der Waals surface area (Å²) in [6.07, 6.45) is 0. The van der Waals surface area contributed by atoms with Crippen LogP contribution >= 0.6 is 23.2 Å². The average Bonchev–Trinajstić information content (AvgIpc) is 2.45. The molecule has 0 aliphatic heterocycles. The highest BCUT2D eigenvalue weighted by atomic mass is 35.5. The highest BCUT2D eigenvalue weighted by molar-refractivity contribution is 6.31. The molecule has 0 unspecified atom stereocenters. The maximum Gasteiger partial charge on any atom is 0.267 e. The van der Waals surface area contributed by atoms with Gasteiger partial charge in [0, 0.05) is 15.7 Å². The molecule has 116 valence electrons. The minimum absolute atomic E-state index is 0.262. The summed E-state index contributed by atoms with van der Waals surface area (Å²) in [6, 6.07) is 12.2. The number of hydrogen-bond donors (Lipinski definition) is 1. The standard InChI is InChI=1S/C17H17Cl2NO2/c1-11-4-7-13(10-15(11)19)20-16(21)17(2,3)22-14-8-5-12(18)6-9-14/h4-10H,1-3H3,(H,20,21). The number of nitrogens with one attached hydrogen (secondary N) is 1. The van der Waals surface area contributed by atoms with E-state index in [1.54, 1.807) is 50.2 Å². The van der Waals surface area contributed by atoms with E-state index in [1.165, 1.54) is 0 Å². The van der Waals surface area contributed by atoms with Crippen molar-refractivity contribution in [1.29, 1.82) is 0 Å². The van der Waals surface area contributed by atoms with Crippen molar-refractivity contribution in [2.75, 3.05) is 5.32 Å². The van der Waals surface area contributed by atoms with Crippen LogP contribution in [0.3, 0.4) is 0 Å². The number of aryl methyl sites for hydroxylation is 1. The topological polar surface area (TPSA) is 38.3 Å². The van der Waals surface area contributed by atoms with Gasteiger partial charge in [0.15, 0.2) is 5.60 Å². The summed E-state index contributed by atoms with van der Waals surface area (Å²) in [6.45, 7) is 5.31. The Morgan fingerprint density at radius 1 is 1.09 bits per heavy atom. The SMILES string of the molecule is Cc1ccc(NC(=O)C(C)(C)Oc2ccc(Cl)cc2)cc1Cl. The smallest absolute Gasteiger partial charge is 0.267 e. The number of amides is 1. The molecule has 1 N–H and O–H groups in total. The molecule has 2 rings (SSSR count). The Morgan fingerprint density at radius 3 is 2.32 bits per heavy atom.